The van der Waals surface area contributed by atoms with Crippen LogP contribution >= 0.6 is 11.6 Å². The number of pyridine rings is 1. The van der Waals surface area contributed by atoms with Gasteiger partial charge in [-0.2, -0.15) is 18.9 Å². The summed E-state index contributed by atoms with van der Waals surface area (Å²) in [5.41, 5.74) is -0.433. The third-order valence-electron chi connectivity index (χ3n) is 4.25. The van der Waals surface area contributed by atoms with Crippen LogP contribution in [-0.2, 0) is 6.54 Å². The highest BCUT2D eigenvalue weighted by Gasteiger charge is 2.21. The van der Waals surface area contributed by atoms with Crippen LogP contribution in [0, 0.1) is 17.7 Å². The number of halogens is 4. The van der Waals surface area contributed by atoms with E-state index in [4.69, 9.17) is 11.6 Å². The molecule has 4 aromatic rings. The third-order valence-corrected chi connectivity index (χ3v) is 4.50. The molecule has 28 heavy (non-hydrogen) atoms. The predicted molar refractivity (Wildman–Crippen MR) is 99.7 cm³/mol. The molecule has 0 bridgehead atoms. The lowest BCUT2D eigenvalue weighted by Gasteiger charge is -2.12. The van der Waals surface area contributed by atoms with Crippen molar-refractivity contribution in [1.82, 2.24) is 14.8 Å². The summed E-state index contributed by atoms with van der Waals surface area (Å²) in [5.74, 6) is -3.77. The summed E-state index contributed by atoms with van der Waals surface area (Å²) in [6.07, 6.45) is 0. The minimum atomic E-state index is -1.34. The Kier molecular flexibility index (Phi) is 4.60. The minimum Gasteiger partial charge on any atom is -0.267 e. The summed E-state index contributed by atoms with van der Waals surface area (Å²) in [4.78, 5) is 15.9. The molecular weight excluding hydrogens is 391 g/mol. The van der Waals surface area contributed by atoms with Gasteiger partial charge in [-0.25, -0.2) is 9.07 Å². The van der Waals surface area contributed by atoms with Crippen LogP contribution < -0.4 is 5.56 Å². The van der Waals surface area contributed by atoms with Gasteiger partial charge in [-0.15, -0.1) is 0 Å². The van der Waals surface area contributed by atoms with E-state index >= 15 is 0 Å². The molecule has 0 atom stereocenters. The van der Waals surface area contributed by atoms with Crippen LogP contribution in [0.3, 0.4) is 0 Å². The van der Waals surface area contributed by atoms with E-state index in [1.54, 1.807) is 36.4 Å². The molecule has 0 saturated heterocycles. The quantitative estimate of drug-likeness (QED) is 0.472. The molecule has 2 heterocycles. The zero-order chi connectivity index (χ0) is 19.8. The number of hydrogen-bond acceptors (Lipinski definition) is 3. The highest BCUT2D eigenvalue weighted by molar-refractivity contribution is 6.30. The van der Waals surface area contributed by atoms with Gasteiger partial charge in [-0.3, -0.25) is 4.79 Å². The van der Waals surface area contributed by atoms with Crippen molar-refractivity contribution in [2.45, 2.75) is 6.54 Å². The molecule has 0 N–H and O–H groups in total. The van der Waals surface area contributed by atoms with E-state index in [-0.39, 0.29) is 23.0 Å². The van der Waals surface area contributed by atoms with Crippen LogP contribution in [0.2, 0.25) is 5.02 Å². The fourth-order valence-electron chi connectivity index (χ4n) is 2.96. The van der Waals surface area contributed by atoms with Gasteiger partial charge in [0, 0.05) is 16.5 Å². The lowest BCUT2D eigenvalue weighted by Crippen LogP contribution is -2.24. The van der Waals surface area contributed by atoms with Gasteiger partial charge in [0.2, 0.25) is 11.9 Å². The minimum absolute atomic E-state index is 0.0612. The van der Waals surface area contributed by atoms with E-state index < -0.39 is 28.8 Å². The molecule has 8 heteroatoms. The molecule has 0 amide bonds. The average molecular weight is 402 g/mol. The van der Waals surface area contributed by atoms with Crippen molar-refractivity contribution in [3.8, 4) is 11.3 Å². The SMILES string of the molecule is O=c1c2ccccc2c(-c2c(F)cc(F)nc2F)nn1Cc1ccc(Cl)cc1. The van der Waals surface area contributed by atoms with Crippen molar-refractivity contribution in [2.24, 2.45) is 0 Å². The van der Waals surface area contributed by atoms with Gasteiger partial charge >= 0.3 is 0 Å². The first kappa shape index (κ1) is 18.2. The van der Waals surface area contributed by atoms with Gasteiger partial charge in [-0.05, 0) is 23.8 Å². The van der Waals surface area contributed by atoms with E-state index in [0.717, 1.165) is 10.2 Å². The van der Waals surface area contributed by atoms with Gasteiger partial charge in [0.15, 0.2) is 0 Å². The topological polar surface area (TPSA) is 47.8 Å². The standard InChI is InChI=1S/C20H11ClF3N3O/c21-12-7-5-11(6-8-12)10-27-20(28)14-4-2-1-3-13(14)18(26-27)17-15(22)9-16(23)25-19(17)24/h1-9H,10H2. The highest BCUT2D eigenvalue weighted by Crippen LogP contribution is 2.29. The molecule has 0 saturated carbocycles. The van der Waals surface area contributed by atoms with Gasteiger partial charge in [0.1, 0.15) is 11.5 Å². The maximum Gasteiger partial charge on any atom is 0.274 e. The Labute approximate surface area is 161 Å². The molecule has 140 valence electrons. The molecule has 4 rings (SSSR count). The summed E-state index contributed by atoms with van der Waals surface area (Å²) < 4.78 is 43.0. The summed E-state index contributed by atoms with van der Waals surface area (Å²) in [6, 6.07) is 13.5. The molecule has 0 radical (unpaired) electrons. The van der Waals surface area contributed by atoms with Crippen LogP contribution in [0.15, 0.2) is 59.4 Å². The maximum absolute atomic E-state index is 14.4. The van der Waals surface area contributed by atoms with Crippen LogP contribution in [0.1, 0.15) is 5.56 Å². The molecule has 0 fully saturated rings. The van der Waals surface area contributed by atoms with E-state index in [1.807, 2.05) is 0 Å². The van der Waals surface area contributed by atoms with Gasteiger partial charge in [0.25, 0.3) is 5.56 Å². The van der Waals surface area contributed by atoms with Gasteiger partial charge in [0.05, 0.1) is 17.5 Å². The molecule has 0 aliphatic heterocycles. The number of aromatic nitrogens is 3. The number of rotatable bonds is 3. The summed E-state index contributed by atoms with van der Waals surface area (Å²) in [5, 5.41) is 5.17. The summed E-state index contributed by atoms with van der Waals surface area (Å²) >= 11 is 5.87. The first-order valence-electron chi connectivity index (χ1n) is 8.20. The molecule has 2 aromatic heterocycles. The molecular formula is C20H11ClF3N3O. The number of hydrogen-bond donors (Lipinski definition) is 0. The summed E-state index contributed by atoms with van der Waals surface area (Å²) in [7, 11) is 0. The van der Waals surface area contributed by atoms with Crippen LogP contribution in [0.4, 0.5) is 13.2 Å². The second-order valence-electron chi connectivity index (χ2n) is 6.08. The smallest absolute Gasteiger partial charge is 0.267 e. The zero-order valence-corrected chi connectivity index (χ0v) is 14.9. The lowest BCUT2D eigenvalue weighted by molar-refractivity contribution is 0.490. The van der Waals surface area contributed by atoms with Crippen molar-refractivity contribution in [3.63, 3.8) is 0 Å². The van der Waals surface area contributed by atoms with Crippen LogP contribution in [0.25, 0.3) is 22.0 Å². The molecule has 0 spiro atoms. The Balaban J connectivity index is 1.98. The average Bonchev–Trinajstić information content (AvgIpc) is 2.66. The van der Waals surface area contributed by atoms with Crippen molar-refractivity contribution >= 4 is 22.4 Å². The molecule has 0 aliphatic carbocycles. The number of nitrogens with zero attached hydrogens (tertiary/aromatic N) is 3. The third kappa shape index (κ3) is 3.25. The number of fused-ring (bicyclic) bond motifs is 1. The first-order chi connectivity index (χ1) is 13.4. The van der Waals surface area contributed by atoms with Crippen molar-refractivity contribution in [2.75, 3.05) is 0 Å². The molecule has 4 nitrogen and oxygen atoms in total. The largest absolute Gasteiger partial charge is 0.274 e. The van der Waals surface area contributed by atoms with E-state index in [9.17, 15) is 18.0 Å². The first-order valence-corrected chi connectivity index (χ1v) is 8.58. The monoisotopic (exact) mass is 401 g/mol. The Morgan fingerprint density at radius 2 is 1.64 bits per heavy atom. The second kappa shape index (κ2) is 7.09. The van der Waals surface area contributed by atoms with E-state index in [0.29, 0.717) is 11.1 Å². The van der Waals surface area contributed by atoms with Crippen molar-refractivity contribution in [1.29, 1.82) is 0 Å². The Bertz CT molecular complexity index is 1230. The van der Waals surface area contributed by atoms with Crippen molar-refractivity contribution < 1.29 is 13.2 Å². The van der Waals surface area contributed by atoms with E-state index in [2.05, 4.69) is 10.1 Å². The predicted octanol–water partition coefficient (Wildman–Crippen LogP) is 4.58. The van der Waals surface area contributed by atoms with Crippen molar-refractivity contribution in [3.05, 3.63) is 93.2 Å². The molecule has 2 aromatic carbocycles. The van der Waals surface area contributed by atoms with Gasteiger partial charge < -0.3 is 0 Å². The maximum atomic E-state index is 14.4. The van der Waals surface area contributed by atoms with Crippen LogP contribution in [-0.4, -0.2) is 14.8 Å². The van der Waals surface area contributed by atoms with Crippen LogP contribution in [0.5, 0.6) is 0 Å². The Hall–Kier alpha value is -3.19. The van der Waals surface area contributed by atoms with Gasteiger partial charge in [-0.1, -0.05) is 41.9 Å². The lowest BCUT2D eigenvalue weighted by atomic mass is 10.1. The normalized spacial score (nSPS) is 11.1. The second-order valence-corrected chi connectivity index (χ2v) is 6.51. The highest BCUT2D eigenvalue weighted by atomic mass is 35.5. The zero-order valence-electron chi connectivity index (χ0n) is 14.2. The fourth-order valence-corrected chi connectivity index (χ4v) is 3.08. The van der Waals surface area contributed by atoms with E-state index in [1.165, 1.54) is 12.1 Å². The Morgan fingerprint density at radius 3 is 2.32 bits per heavy atom. The summed E-state index contributed by atoms with van der Waals surface area (Å²) in [6.45, 7) is 0.0612. The molecule has 0 unspecified atom stereocenters. The fraction of sp³-hybridized carbons (Fsp3) is 0.0500. The Morgan fingerprint density at radius 1 is 0.964 bits per heavy atom. The molecule has 0 aliphatic rings. The number of benzene rings is 2.